The number of nitrogens with one attached hydrogen (secondary N) is 1. The normalized spacial score (nSPS) is 13.2. The molecule has 0 bridgehead atoms. The topological polar surface area (TPSA) is 46.2 Å². The molecule has 0 spiro atoms. The molecular formula is C15H10ClNO2S. The molecule has 0 unspecified atom stereocenters. The van der Waals surface area contributed by atoms with Gasteiger partial charge in [-0.15, -0.1) is 11.8 Å². The average Bonchev–Trinajstić information content (AvgIpc) is 2.73. The lowest BCUT2D eigenvalue weighted by Gasteiger charge is -2.07. The van der Waals surface area contributed by atoms with Gasteiger partial charge in [-0.25, -0.2) is 0 Å². The molecule has 1 aliphatic heterocycles. The Hall–Kier alpha value is -1.78. The van der Waals surface area contributed by atoms with E-state index in [4.69, 9.17) is 11.6 Å². The van der Waals surface area contributed by atoms with Crippen LogP contribution in [0.15, 0.2) is 47.4 Å². The van der Waals surface area contributed by atoms with Gasteiger partial charge in [0, 0.05) is 10.6 Å². The lowest BCUT2D eigenvalue weighted by atomic mass is 10.1. The standard InChI is InChI=1S/C15H10ClNO2S/c16-11-6-10-12(17-15(19)14(10)18)7-13(11)20-8-9-4-2-1-3-5-9/h1-7H,8H2,(H,17,18,19). The molecule has 0 aliphatic carbocycles. The van der Waals surface area contributed by atoms with Crippen LogP contribution in [-0.2, 0) is 10.5 Å². The van der Waals surface area contributed by atoms with E-state index in [0.29, 0.717) is 16.3 Å². The highest BCUT2D eigenvalue weighted by atomic mass is 35.5. The molecule has 100 valence electrons. The predicted octanol–water partition coefficient (Wildman–Crippen LogP) is 3.77. The molecule has 1 N–H and O–H groups in total. The lowest BCUT2D eigenvalue weighted by molar-refractivity contribution is -0.112. The van der Waals surface area contributed by atoms with Crippen LogP contribution in [0, 0.1) is 0 Å². The second-order valence-corrected chi connectivity index (χ2v) is 5.81. The highest BCUT2D eigenvalue weighted by Gasteiger charge is 2.29. The first-order valence-electron chi connectivity index (χ1n) is 6.01. The van der Waals surface area contributed by atoms with Gasteiger partial charge in [-0.2, -0.15) is 0 Å². The summed E-state index contributed by atoms with van der Waals surface area (Å²) in [6.07, 6.45) is 0. The fraction of sp³-hybridized carbons (Fsp3) is 0.0667. The molecular weight excluding hydrogens is 294 g/mol. The maximum atomic E-state index is 11.6. The van der Waals surface area contributed by atoms with Crippen LogP contribution < -0.4 is 5.32 Å². The van der Waals surface area contributed by atoms with Crippen LogP contribution in [-0.4, -0.2) is 11.7 Å². The van der Waals surface area contributed by atoms with E-state index in [2.05, 4.69) is 5.32 Å². The van der Waals surface area contributed by atoms with E-state index in [-0.39, 0.29) is 0 Å². The molecule has 0 aromatic heterocycles. The van der Waals surface area contributed by atoms with E-state index in [1.165, 1.54) is 5.56 Å². The van der Waals surface area contributed by atoms with Crippen molar-refractivity contribution in [1.82, 2.24) is 0 Å². The van der Waals surface area contributed by atoms with Crippen molar-refractivity contribution in [3.05, 3.63) is 58.6 Å². The van der Waals surface area contributed by atoms with Gasteiger partial charge in [-0.1, -0.05) is 41.9 Å². The maximum absolute atomic E-state index is 11.6. The van der Waals surface area contributed by atoms with Crippen LogP contribution in [0.1, 0.15) is 15.9 Å². The molecule has 1 heterocycles. The van der Waals surface area contributed by atoms with Crippen LogP contribution in [0.4, 0.5) is 5.69 Å². The number of carbonyl (C=O) groups excluding carboxylic acids is 2. The Bertz CT molecular complexity index is 701. The zero-order chi connectivity index (χ0) is 14.1. The number of fused-ring (bicyclic) bond motifs is 1. The molecule has 0 atom stereocenters. The molecule has 1 aliphatic rings. The first-order valence-corrected chi connectivity index (χ1v) is 7.37. The molecule has 0 radical (unpaired) electrons. The van der Waals surface area contributed by atoms with Crippen molar-refractivity contribution in [3.8, 4) is 0 Å². The van der Waals surface area contributed by atoms with Gasteiger partial charge in [-0.3, -0.25) is 9.59 Å². The fourth-order valence-electron chi connectivity index (χ4n) is 1.99. The molecule has 0 saturated heterocycles. The molecule has 0 saturated carbocycles. The minimum absolute atomic E-state index is 0.351. The second kappa shape index (κ2) is 5.31. The van der Waals surface area contributed by atoms with E-state index in [0.717, 1.165) is 10.6 Å². The van der Waals surface area contributed by atoms with Crippen molar-refractivity contribution in [2.45, 2.75) is 10.6 Å². The maximum Gasteiger partial charge on any atom is 0.296 e. The Morgan fingerprint density at radius 3 is 2.60 bits per heavy atom. The summed E-state index contributed by atoms with van der Waals surface area (Å²) in [4.78, 5) is 23.7. The van der Waals surface area contributed by atoms with Gasteiger partial charge in [0.25, 0.3) is 11.7 Å². The van der Waals surface area contributed by atoms with E-state index >= 15 is 0 Å². The van der Waals surface area contributed by atoms with Crippen LogP contribution in [0.5, 0.6) is 0 Å². The van der Waals surface area contributed by atoms with Gasteiger partial charge >= 0.3 is 0 Å². The Balaban J connectivity index is 1.83. The highest BCUT2D eigenvalue weighted by Crippen LogP contribution is 2.36. The Labute approximate surface area is 125 Å². The van der Waals surface area contributed by atoms with Crippen molar-refractivity contribution in [2.75, 3.05) is 5.32 Å². The monoisotopic (exact) mass is 303 g/mol. The first-order chi connectivity index (χ1) is 9.65. The number of benzene rings is 2. The SMILES string of the molecule is O=C1Nc2cc(SCc3ccccc3)c(Cl)cc2C1=O. The fourth-order valence-corrected chi connectivity index (χ4v) is 3.23. The van der Waals surface area contributed by atoms with E-state index in [9.17, 15) is 9.59 Å². The zero-order valence-corrected chi connectivity index (χ0v) is 11.9. The molecule has 5 heteroatoms. The third kappa shape index (κ3) is 2.44. The smallest absolute Gasteiger partial charge is 0.296 e. The number of rotatable bonds is 3. The molecule has 3 rings (SSSR count). The second-order valence-electron chi connectivity index (χ2n) is 4.39. The molecule has 1 amide bonds. The third-order valence-electron chi connectivity index (χ3n) is 3.01. The summed E-state index contributed by atoms with van der Waals surface area (Å²) in [5, 5.41) is 3.05. The largest absolute Gasteiger partial charge is 0.318 e. The Kier molecular flexibility index (Phi) is 3.51. The molecule has 0 fully saturated rings. The molecule has 2 aromatic rings. The highest BCUT2D eigenvalue weighted by molar-refractivity contribution is 7.98. The zero-order valence-electron chi connectivity index (χ0n) is 10.4. The van der Waals surface area contributed by atoms with Gasteiger partial charge in [0.2, 0.25) is 0 Å². The summed E-state index contributed by atoms with van der Waals surface area (Å²) in [7, 11) is 0. The van der Waals surface area contributed by atoms with E-state index in [1.807, 2.05) is 30.3 Å². The first kappa shape index (κ1) is 13.2. The summed E-state index contributed by atoms with van der Waals surface area (Å²) in [6, 6.07) is 13.3. The Morgan fingerprint density at radius 2 is 1.85 bits per heavy atom. The van der Waals surface area contributed by atoms with E-state index < -0.39 is 11.7 Å². The number of Topliss-reactive ketones (excluding diaryl/α,β-unsaturated/α-hetero) is 1. The van der Waals surface area contributed by atoms with Gasteiger partial charge in [0.15, 0.2) is 0 Å². The summed E-state index contributed by atoms with van der Waals surface area (Å²) in [5.41, 5.74) is 2.08. The number of amides is 1. The van der Waals surface area contributed by atoms with Crippen molar-refractivity contribution < 1.29 is 9.59 Å². The third-order valence-corrected chi connectivity index (χ3v) is 4.56. The van der Waals surface area contributed by atoms with Crippen LogP contribution in [0.2, 0.25) is 5.02 Å². The molecule has 20 heavy (non-hydrogen) atoms. The number of anilines is 1. The number of ketones is 1. The molecule has 3 nitrogen and oxygen atoms in total. The van der Waals surface area contributed by atoms with Crippen LogP contribution in [0.3, 0.4) is 0 Å². The quantitative estimate of drug-likeness (QED) is 0.693. The minimum atomic E-state index is -0.596. The van der Waals surface area contributed by atoms with Crippen LogP contribution >= 0.6 is 23.4 Å². The summed E-state index contributed by atoms with van der Waals surface area (Å²) >= 11 is 7.75. The van der Waals surface area contributed by atoms with Crippen LogP contribution in [0.25, 0.3) is 0 Å². The number of halogens is 1. The van der Waals surface area contributed by atoms with E-state index in [1.54, 1.807) is 23.9 Å². The van der Waals surface area contributed by atoms with Crippen molar-refractivity contribution in [1.29, 1.82) is 0 Å². The summed E-state index contributed by atoms with van der Waals surface area (Å²) in [5.74, 6) is -0.343. The Morgan fingerprint density at radius 1 is 1.10 bits per heavy atom. The van der Waals surface area contributed by atoms with Gasteiger partial charge in [0.1, 0.15) is 0 Å². The average molecular weight is 304 g/mol. The number of hydrogen-bond acceptors (Lipinski definition) is 3. The summed E-state index contributed by atoms with van der Waals surface area (Å²) < 4.78 is 0. The lowest BCUT2D eigenvalue weighted by Crippen LogP contribution is -2.12. The number of carbonyl (C=O) groups is 2. The van der Waals surface area contributed by atoms with Gasteiger partial charge in [-0.05, 0) is 17.7 Å². The minimum Gasteiger partial charge on any atom is -0.318 e. The van der Waals surface area contributed by atoms with Crippen molar-refractivity contribution in [2.24, 2.45) is 0 Å². The summed E-state index contributed by atoms with van der Waals surface area (Å²) in [6.45, 7) is 0. The van der Waals surface area contributed by atoms with Gasteiger partial charge in [0.05, 0.1) is 16.3 Å². The van der Waals surface area contributed by atoms with Crippen molar-refractivity contribution >= 4 is 40.7 Å². The number of hydrogen-bond donors (Lipinski definition) is 1. The van der Waals surface area contributed by atoms with Gasteiger partial charge < -0.3 is 5.32 Å². The molecule has 2 aromatic carbocycles. The predicted molar refractivity (Wildman–Crippen MR) is 80.4 cm³/mol. The van der Waals surface area contributed by atoms with Crippen molar-refractivity contribution in [3.63, 3.8) is 0 Å². The number of thioether (sulfide) groups is 1.